The van der Waals surface area contributed by atoms with E-state index in [9.17, 15) is 4.79 Å². The number of carbonyl (C=O) groups is 1. The fourth-order valence-corrected chi connectivity index (χ4v) is 2.91. The second kappa shape index (κ2) is 10.3. The Hall–Kier alpha value is -3.50. The van der Waals surface area contributed by atoms with Gasteiger partial charge in [0.15, 0.2) is 0 Å². The van der Waals surface area contributed by atoms with Gasteiger partial charge in [-0.05, 0) is 47.5 Å². The van der Waals surface area contributed by atoms with E-state index in [1.807, 2.05) is 48.6 Å². The Kier molecular flexibility index (Phi) is 7.30. The summed E-state index contributed by atoms with van der Waals surface area (Å²) in [6.07, 6.45) is 6.96. The van der Waals surface area contributed by atoms with E-state index in [1.54, 1.807) is 50.6 Å². The maximum atomic E-state index is 12.3. The number of hydrogen-bond acceptors (Lipinski definition) is 4. The molecule has 152 valence electrons. The van der Waals surface area contributed by atoms with Crippen LogP contribution in [0.25, 0.3) is 18.2 Å². The first kappa shape index (κ1) is 21.2. The molecule has 0 heterocycles. The van der Waals surface area contributed by atoms with Gasteiger partial charge in [-0.25, -0.2) is 4.79 Å². The number of halogens is 1. The van der Waals surface area contributed by atoms with Crippen molar-refractivity contribution in [3.63, 3.8) is 0 Å². The molecule has 0 fully saturated rings. The smallest absolute Gasteiger partial charge is 0.336 e. The molecule has 0 saturated heterocycles. The molecular weight excluding hydrogens is 400 g/mol. The Morgan fingerprint density at radius 3 is 2.23 bits per heavy atom. The molecule has 0 aliphatic heterocycles. The third kappa shape index (κ3) is 5.75. The molecule has 3 aromatic carbocycles. The normalized spacial score (nSPS) is 11.0. The highest BCUT2D eigenvalue weighted by atomic mass is 35.5. The summed E-state index contributed by atoms with van der Waals surface area (Å²) in [5, 5.41) is 0.572. The van der Waals surface area contributed by atoms with Gasteiger partial charge in [-0.2, -0.15) is 0 Å². The van der Waals surface area contributed by atoms with Crippen LogP contribution in [0.1, 0.15) is 16.7 Å². The fraction of sp³-hybridized carbons (Fsp3) is 0.0800. The lowest BCUT2D eigenvalue weighted by atomic mass is 10.0. The summed E-state index contributed by atoms with van der Waals surface area (Å²) in [6, 6.07) is 20.2. The highest BCUT2D eigenvalue weighted by Gasteiger charge is 2.10. The molecule has 5 heteroatoms. The Balaban J connectivity index is 1.89. The molecule has 0 spiro atoms. The SMILES string of the molecule is COc1cc(/C=C/c2ccccc2)c(/C=C/C(=O)Oc2ccc(Cl)cc2)c(OC)c1. The van der Waals surface area contributed by atoms with Crippen LogP contribution in [0.2, 0.25) is 5.02 Å². The Labute approximate surface area is 181 Å². The molecule has 0 amide bonds. The van der Waals surface area contributed by atoms with E-state index in [0.29, 0.717) is 22.3 Å². The van der Waals surface area contributed by atoms with Gasteiger partial charge in [-0.3, -0.25) is 0 Å². The lowest BCUT2D eigenvalue weighted by Gasteiger charge is -2.11. The van der Waals surface area contributed by atoms with Crippen LogP contribution in [0.4, 0.5) is 0 Å². The van der Waals surface area contributed by atoms with Gasteiger partial charge in [-0.1, -0.05) is 54.1 Å². The molecule has 0 N–H and O–H groups in total. The summed E-state index contributed by atoms with van der Waals surface area (Å²) in [5.41, 5.74) is 2.63. The monoisotopic (exact) mass is 420 g/mol. The van der Waals surface area contributed by atoms with Crippen LogP contribution in [0.5, 0.6) is 17.2 Å². The summed E-state index contributed by atoms with van der Waals surface area (Å²) < 4.78 is 16.2. The van der Waals surface area contributed by atoms with Crippen LogP contribution >= 0.6 is 11.6 Å². The first-order valence-corrected chi connectivity index (χ1v) is 9.61. The van der Waals surface area contributed by atoms with Gasteiger partial charge in [0.25, 0.3) is 0 Å². The molecule has 0 aromatic heterocycles. The topological polar surface area (TPSA) is 44.8 Å². The second-order valence-electron chi connectivity index (χ2n) is 6.28. The molecule has 0 aliphatic carbocycles. The van der Waals surface area contributed by atoms with E-state index in [-0.39, 0.29) is 0 Å². The number of ether oxygens (including phenoxy) is 3. The van der Waals surface area contributed by atoms with Crippen LogP contribution in [0, 0.1) is 0 Å². The molecule has 3 rings (SSSR count). The van der Waals surface area contributed by atoms with Crippen LogP contribution in [-0.2, 0) is 4.79 Å². The second-order valence-corrected chi connectivity index (χ2v) is 6.72. The van der Waals surface area contributed by atoms with Crippen molar-refractivity contribution in [3.8, 4) is 17.2 Å². The van der Waals surface area contributed by atoms with Gasteiger partial charge in [0.05, 0.1) is 14.2 Å². The molecule has 0 unspecified atom stereocenters. The highest BCUT2D eigenvalue weighted by molar-refractivity contribution is 6.30. The van der Waals surface area contributed by atoms with Crippen molar-refractivity contribution in [1.82, 2.24) is 0 Å². The first-order valence-electron chi connectivity index (χ1n) is 9.23. The zero-order chi connectivity index (χ0) is 21.3. The van der Waals surface area contributed by atoms with E-state index in [0.717, 1.165) is 16.7 Å². The number of hydrogen-bond donors (Lipinski definition) is 0. The minimum Gasteiger partial charge on any atom is -0.497 e. The molecule has 0 bridgehead atoms. The lowest BCUT2D eigenvalue weighted by Crippen LogP contribution is -2.03. The maximum absolute atomic E-state index is 12.3. The number of esters is 1. The largest absolute Gasteiger partial charge is 0.497 e. The van der Waals surface area contributed by atoms with Crippen LogP contribution in [0.3, 0.4) is 0 Å². The van der Waals surface area contributed by atoms with Crippen LogP contribution < -0.4 is 14.2 Å². The predicted octanol–water partition coefficient (Wildman–Crippen LogP) is 6.15. The maximum Gasteiger partial charge on any atom is 0.336 e. The Morgan fingerprint density at radius 1 is 0.833 bits per heavy atom. The van der Waals surface area contributed by atoms with Gasteiger partial charge in [-0.15, -0.1) is 0 Å². The van der Waals surface area contributed by atoms with Crippen molar-refractivity contribution in [2.75, 3.05) is 14.2 Å². The summed E-state index contributed by atoms with van der Waals surface area (Å²) in [4.78, 5) is 12.3. The summed E-state index contributed by atoms with van der Waals surface area (Å²) >= 11 is 5.85. The van der Waals surface area contributed by atoms with Crippen molar-refractivity contribution in [2.24, 2.45) is 0 Å². The third-order valence-electron chi connectivity index (χ3n) is 4.28. The van der Waals surface area contributed by atoms with Crippen molar-refractivity contribution >= 4 is 35.8 Å². The lowest BCUT2D eigenvalue weighted by molar-refractivity contribution is -0.128. The van der Waals surface area contributed by atoms with Gasteiger partial charge in [0, 0.05) is 22.7 Å². The summed E-state index contributed by atoms with van der Waals surface area (Å²) in [5.74, 6) is 1.14. The zero-order valence-corrected chi connectivity index (χ0v) is 17.4. The first-order chi connectivity index (χ1) is 14.6. The van der Waals surface area contributed by atoms with Gasteiger partial charge >= 0.3 is 5.97 Å². The average Bonchev–Trinajstić information content (AvgIpc) is 2.78. The van der Waals surface area contributed by atoms with E-state index < -0.39 is 5.97 Å². The molecule has 0 saturated carbocycles. The molecule has 3 aromatic rings. The quantitative estimate of drug-likeness (QED) is 0.199. The Bertz CT molecular complexity index is 1050. The molecule has 30 heavy (non-hydrogen) atoms. The fourth-order valence-electron chi connectivity index (χ4n) is 2.78. The Morgan fingerprint density at radius 2 is 1.57 bits per heavy atom. The average molecular weight is 421 g/mol. The molecule has 4 nitrogen and oxygen atoms in total. The van der Waals surface area contributed by atoms with Crippen LogP contribution in [0.15, 0.2) is 72.8 Å². The zero-order valence-electron chi connectivity index (χ0n) is 16.7. The number of rotatable bonds is 7. The van der Waals surface area contributed by atoms with Gasteiger partial charge in [0.1, 0.15) is 17.2 Å². The molecule has 0 atom stereocenters. The third-order valence-corrected chi connectivity index (χ3v) is 4.53. The minimum absolute atomic E-state index is 0.417. The van der Waals surface area contributed by atoms with E-state index in [2.05, 4.69) is 0 Å². The minimum atomic E-state index is -0.506. The van der Waals surface area contributed by atoms with Crippen molar-refractivity contribution in [2.45, 2.75) is 0 Å². The molecular formula is C25H21ClO4. The van der Waals surface area contributed by atoms with Crippen molar-refractivity contribution < 1.29 is 19.0 Å². The van der Waals surface area contributed by atoms with Gasteiger partial charge in [0.2, 0.25) is 0 Å². The molecule has 0 radical (unpaired) electrons. The highest BCUT2D eigenvalue weighted by Crippen LogP contribution is 2.31. The molecule has 0 aliphatic rings. The summed E-state index contributed by atoms with van der Waals surface area (Å²) in [6.45, 7) is 0. The van der Waals surface area contributed by atoms with E-state index in [4.69, 9.17) is 25.8 Å². The number of methoxy groups -OCH3 is 2. The van der Waals surface area contributed by atoms with Crippen molar-refractivity contribution in [1.29, 1.82) is 0 Å². The standard InChI is InChI=1S/C25H21ClO4/c1-28-22-16-19(9-8-18-6-4-3-5-7-18)23(24(17-22)29-2)14-15-25(27)30-21-12-10-20(26)11-13-21/h3-17H,1-2H3/b9-8+,15-14+. The summed E-state index contributed by atoms with van der Waals surface area (Å²) in [7, 11) is 3.17. The van der Waals surface area contributed by atoms with Crippen molar-refractivity contribution in [3.05, 3.63) is 94.5 Å². The van der Waals surface area contributed by atoms with E-state index >= 15 is 0 Å². The van der Waals surface area contributed by atoms with Gasteiger partial charge < -0.3 is 14.2 Å². The predicted molar refractivity (Wildman–Crippen MR) is 121 cm³/mol. The van der Waals surface area contributed by atoms with Crippen LogP contribution in [-0.4, -0.2) is 20.2 Å². The number of carbonyl (C=O) groups excluding carboxylic acids is 1. The number of benzene rings is 3. The van der Waals surface area contributed by atoms with E-state index in [1.165, 1.54) is 6.08 Å².